The van der Waals surface area contributed by atoms with Crippen molar-refractivity contribution in [3.63, 3.8) is 0 Å². The number of hydrogen-bond donors (Lipinski definition) is 1. The van der Waals surface area contributed by atoms with Gasteiger partial charge in [-0.3, -0.25) is 0 Å². The summed E-state index contributed by atoms with van der Waals surface area (Å²) in [5, 5.41) is 0. The van der Waals surface area contributed by atoms with Crippen LogP contribution in [0, 0.1) is 12.3 Å². The molecule has 1 unspecified atom stereocenters. The van der Waals surface area contributed by atoms with Crippen LogP contribution in [0.1, 0.15) is 22.7 Å². The Morgan fingerprint density at radius 1 is 1.54 bits per heavy atom. The molecule has 2 heteroatoms. The van der Waals surface area contributed by atoms with Crippen molar-refractivity contribution in [2.24, 2.45) is 5.73 Å². The number of benzene rings is 1. The summed E-state index contributed by atoms with van der Waals surface area (Å²) in [7, 11) is 0. The number of rotatable bonds is 0. The lowest BCUT2D eigenvalue weighted by molar-refractivity contribution is 0.0924. The number of ether oxygens (including phenoxy) is 1. The van der Waals surface area contributed by atoms with Crippen molar-refractivity contribution in [1.29, 1.82) is 0 Å². The molecule has 1 aromatic rings. The fourth-order valence-corrected chi connectivity index (χ4v) is 1.55. The number of fused-ring (bicyclic) bond motifs is 1. The van der Waals surface area contributed by atoms with Crippen molar-refractivity contribution in [2.45, 2.75) is 12.6 Å². The van der Waals surface area contributed by atoms with Gasteiger partial charge in [-0.1, -0.05) is 12.0 Å². The second-order valence-corrected chi connectivity index (χ2v) is 3.18. The second kappa shape index (κ2) is 3.21. The zero-order valence-corrected chi connectivity index (χ0v) is 7.29. The van der Waals surface area contributed by atoms with Gasteiger partial charge in [-0.25, -0.2) is 0 Å². The van der Waals surface area contributed by atoms with Gasteiger partial charge in [0.2, 0.25) is 0 Å². The van der Waals surface area contributed by atoms with E-state index in [-0.39, 0.29) is 6.04 Å². The summed E-state index contributed by atoms with van der Waals surface area (Å²) in [5.74, 6) is 2.60. The maximum atomic E-state index is 5.88. The zero-order chi connectivity index (χ0) is 9.26. The van der Waals surface area contributed by atoms with Gasteiger partial charge in [-0.05, 0) is 23.3 Å². The molecule has 2 nitrogen and oxygen atoms in total. The van der Waals surface area contributed by atoms with E-state index in [1.165, 1.54) is 0 Å². The first-order valence-corrected chi connectivity index (χ1v) is 4.24. The molecule has 1 atom stereocenters. The molecule has 0 aromatic heterocycles. The number of terminal acetylenes is 1. The van der Waals surface area contributed by atoms with Gasteiger partial charge in [0.1, 0.15) is 0 Å². The lowest BCUT2D eigenvalue weighted by Crippen LogP contribution is -2.23. The summed E-state index contributed by atoms with van der Waals surface area (Å²) in [5.41, 5.74) is 9.04. The summed E-state index contributed by atoms with van der Waals surface area (Å²) < 4.78 is 5.31. The first kappa shape index (κ1) is 8.31. The third-order valence-electron chi connectivity index (χ3n) is 2.27. The third-order valence-corrected chi connectivity index (χ3v) is 2.27. The molecule has 0 spiro atoms. The summed E-state index contributed by atoms with van der Waals surface area (Å²) in [6.07, 6.45) is 5.31. The Hall–Kier alpha value is -1.30. The quantitative estimate of drug-likeness (QED) is 0.598. The predicted octanol–water partition coefficient (Wildman–Crippen LogP) is 1.20. The van der Waals surface area contributed by atoms with E-state index in [1.807, 2.05) is 18.2 Å². The van der Waals surface area contributed by atoms with Gasteiger partial charge in [0.05, 0.1) is 19.3 Å². The molecule has 0 radical (unpaired) electrons. The van der Waals surface area contributed by atoms with E-state index in [4.69, 9.17) is 16.9 Å². The van der Waals surface area contributed by atoms with E-state index < -0.39 is 0 Å². The second-order valence-electron chi connectivity index (χ2n) is 3.18. The molecular formula is C11H11NO. The standard InChI is InChI=1S/C11H11NO/c1-2-8-3-4-9-6-13-7-11(12)10(9)5-8/h1,3-5,11H,6-7,12H2. The molecule has 13 heavy (non-hydrogen) atoms. The van der Waals surface area contributed by atoms with Gasteiger partial charge in [0, 0.05) is 5.56 Å². The molecule has 1 aliphatic heterocycles. The highest BCUT2D eigenvalue weighted by molar-refractivity contribution is 5.41. The van der Waals surface area contributed by atoms with Crippen LogP contribution in [0.4, 0.5) is 0 Å². The maximum Gasteiger partial charge on any atom is 0.0721 e. The van der Waals surface area contributed by atoms with Gasteiger partial charge in [-0.2, -0.15) is 0 Å². The number of nitrogens with two attached hydrogens (primary N) is 1. The Kier molecular flexibility index (Phi) is 2.05. The van der Waals surface area contributed by atoms with Gasteiger partial charge < -0.3 is 10.5 Å². The van der Waals surface area contributed by atoms with Gasteiger partial charge in [-0.15, -0.1) is 6.42 Å². The van der Waals surface area contributed by atoms with Crippen molar-refractivity contribution < 1.29 is 4.74 Å². The molecule has 0 saturated heterocycles. The largest absolute Gasteiger partial charge is 0.375 e. The Morgan fingerprint density at radius 2 is 2.38 bits per heavy atom. The molecule has 0 saturated carbocycles. The molecule has 1 aromatic carbocycles. The van der Waals surface area contributed by atoms with Gasteiger partial charge >= 0.3 is 0 Å². The molecule has 1 aliphatic rings. The lowest BCUT2D eigenvalue weighted by atomic mass is 9.97. The minimum Gasteiger partial charge on any atom is -0.375 e. The van der Waals surface area contributed by atoms with Crippen molar-refractivity contribution in [1.82, 2.24) is 0 Å². The molecule has 1 heterocycles. The number of hydrogen-bond acceptors (Lipinski definition) is 2. The zero-order valence-electron chi connectivity index (χ0n) is 7.29. The van der Waals surface area contributed by atoms with Gasteiger partial charge in [0.15, 0.2) is 0 Å². The van der Waals surface area contributed by atoms with E-state index in [9.17, 15) is 0 Å². The van der Waals surface area contributed by atoms with Crippen molar-refractivity contribution in [3.8, 4) is 12.3 Å². The molecule has 0 amide bonds. The van der Waals surface area contributed by atoms with E-state index >= 15 is 0 Å². The normalized spacial score (nSPS) is 20.5. The van der Waals surface area contributed by atoms with Crippen LogP contribution in [-0.2, 0) is 11.3 Å². The van der Waals surface area contributed by atoms with Crippen LogP contribution in [0.5, 0.6) is 0 Å². The van der Waals surface area contributed by atoms with Crippen LogP contribution in [0.2, 0.25) is 0 Å². The first-order valence-electron chi connectivity index (χ1n) is 4.24. The summed E-state index contributed by atoms with van der Waals surface area (Å²) >= 11 is 0. The monoisotopic (exact) mass is 173 g/mol. The van der Waals surface area contributed by atoms with Crippen LogP contribution in [-0.4, -0.2) is 6.61 Å². The smallest absolute Gasteiger partial charge is 0.0721 e. The Labute approximate surface area is 77.7 Å². The maximum absolute atomic E-state index is 5.88. The first-order chi connectivity index (χ1) is 6.31. The molecule has 0 fully saturated rings. The fourth-order valence-electron chi connectivity index (χ4n) is 1.55. The van der Waals surface area contributed by atoms with Crippen molar-refractivity contribution >= 4 is 0 Å². The molecule has 66 valence electrons. The highest BCUT2D eigenvalue weighted by Crippen LogP contribution is 2.23. The minimum atomic E-state index is -0.0305. The van der Waals surface area contributed by atoms with Crippen molar-refractivity contribution in [3.05, 3.63) is 34.9 Å². The predicted molar refractivity (Wildman–Crippen MR) is 51.0 cm³/mol. The fraction of sp³-hybridized carbons (Fsp3) is 0.273. The van der Waals surface area contributed by atoms with Crippen LogP contribution in [0.15, 0.2) is 18.2 Å². The summed E-state index contributed by atoms with van der Waals surface area (Å²) in [4.78, 5) is 0. The Bertz CT molecular complexity index is 365. The van der Waals surface area contributed by atoms with Crippen molar-refractivity contribution in [2.75, 3.05) is 6.61 Å². The van der Waals surface area contributed by atoms with Crippen LogP contribution >= 0.6 is 0 Å². The van der Waals surface area contributed by atoms with E-state index in [0.717, 1.165) is 16.7 Å². The average Bonchev–Trinajstić information content (AvgIpc) is 2.18. The minimum absolute atomic E-state index is 0.0305. The molecule has 2 N–H and O–H groups in total. The SMILES string of the molecule is C#Cc1ccc2c(c1)C(N)COC2. The summed E-state index contributed by atoms with van der Waals surface area (Å²) in [6, 6.07) is 5.85. The molecule has 2 rings (SSSR count). The molecule has 0 bridgehead atoms. The van der Waals surface area contributed by atoms with Crippen LogP contribution < -0.4 is 5.73 Å². The summed E-state index contributed by atoms with van der Waals surface area (Å²) in [6.45, 7) is 1.23. The Balaban J connectivity index is 2.48. The lowest BCUT2D eigenvalue weighted by Gasteiger charge is -2.22. The molecular weight excluding hydrogens is 162 g/mol. The molecule has 0 aliphatic carbocycles. The average molecular weight is 173 g/mol. The van der Waals surface area contributed by atoms with Crippen LogP contribution in [0.3, 0.4) is 0 Å². The van der Waals surface area contributed by atoms with Crippen LogP contribution in [0.25, 0.3) is 0 Å². The third kappa shape index (κ3) is 1.44. The Morgan fingerprint density at radius 3 is 3.15 bits per heavy atom. The van der Waals surface area contributed by atoms with E-state index in [2.05, 4.69) is 5.92 Å². The van der Waals surface area contributed by atoms with Gasteiger partial charge in [0.25, 0.3) is 0 Å². The van der Waals surface area contributed by atoms with E-state index in [1.54, 1.807) is 0 Å². The van der Waals surface area contributed by atoms with E-state index in [0.29, 0.717) is 13.2 Å². The topological polar surface area (TPSA) is 35.2 Å². The highest BCUT2D eigenvalue weighted by Gasteiger charge is 2.16. The highest BCUT2D eigenvalue weighted by atomic mass is 16.5.